The number of nitrogens with zero attached hydrogens (tertiary/aromatic N) is 1. The molecule has 2 heterocycles. The molecule has 4 rings (SSSR count). The van der Waals surface area contributed by atoms with E-state index in [2.05, 4.69) is 38.0 Å². The van der Waals surface area contributed by atoms with Crippen molar-refractivity contribution in [3.63, 3.8) is 0 Å². The molecule has 2 aromatic heterocycles. The summed E-state index contributed by atoms with van der Waals surface area (Å²) in [6, 6.07) is 8.33. The molecule has 1 aliphatic rings. The Morgan fingerprint density at radius 3 is 2.83 bits per heavy atom. The summed E-state index contributed by atoms with van der Waals surface area (Å²) >= 11 is 1.72. The second-order valence-corrected chi connectivity index (χ2v) is 9.39. The number of hydrogen-bond acceptors (Lipinski definition) is 4. The zero-order valence-corrected chi connectivity index (χ0v) is 18.5. The Hall–Kier alpha value is -2.18. The van der Waals surface area contributed by atoms with Crippen molar-refractivity contribution in [3.05, 3.63) is 56.4 Å². The van der Waals surface area contributed by atoms with Gasteiger partial charge in [0.05, 0.1) is 19.0 Å². The number of aromatic amines is 1. The summed E-state index contributed by atoms with van der Waals surface area (Å²) in [5.74, 6) is 2.37. The molecule has 154 valence electrons. The van der Waals surface area contributed by atoms with Crippen molar-refractivity contribution in [3.8, 4) is 5.75 Å². The summed E-state index contributed by atoms with van der Waals surface area (Å²) in [6.07, 6.45) is 3.23. The van der Waals surface area contributed by atoms with Crippen LogP contribution >= 0.6 is 11.3 Å². The monoisotopic (exact) mass is 412 g/mol. The van der Waals surface area contributed by atoms with Gasteiger partial charge in [-0.25, -0.2) is 4.98 Å². The minimum Gasteiger partial charge on any atom is -0.494 e. The molecular weight excluding hydrogens is 382 g/mol. The Bertz CT molecular complexity index is 1050. The number of aryl methyl sites for hydroxylation is 1. The van der Waals surface area contributed by atoms with Crippen LogP contribution in [0.5, 0.6) is 5.75 Å². The van der Waals surface area contributed by atoms with Crippen LogP contribution in [0.25, 0.3) is 10.2 Å². The molecule has 0 aliphatic heterocycles. The maximum absolute atomic E-state index is 12.9. The molecule has 2 N–H and O–H groups in total. The zero-order chi connectivity index (χ0) is 20.5. The smallest absolute Gasteiger partial charge is 0.260 e. The summed E-state index contributed by atoms with van der Waals surface area (Å²) in [5, 5.41) is 0.831. The maximum atomic E-state index is 12.9. The third-order valence-corrected chi connectivity index (χ3v) is 7.20. The van der Waals surface area contributed by atoms with Crippen molar-refractivity contribution in [1.29, 1.82) is 0 Å². The Morgan fingerprint density at radius 1 is 1.34 bits per heavy atom. The Kier molecular flexibility index (Phi) is 5.74. The van der Waals surface area contributed by atoms with Gasteiger partial charge in [0, 0.05) is 10.4 Å². The number of ether oxygens (including phenoxy) is 1. The summed E-state index contributed by atoms with van der Waals surface area (Å²) in [4.78, 5) is 24.4. The van der Waals surface area contributed by atoms with Crippen molar-refractivity contribution in [2.75, 3.05) is 13.7 Å². The van der Waals surface area contributed by atoms with Crippen LogP contribution in [0.3, 0.4) is 0 Å². The van der Waals surface area contributed by atoms with Crippen LogP contribution in [0.15, 0.2) is 29.1 Å². The summed E-state index contributed by atoms with van der Waals surface area (Å²) in [5.41, 5.74) is 2.51. The first-order valence-electron chi connectivity index (χ1n) is 10.5. The van der Waals surface area contributed by atoms with E-state index in [1.165, 1.54) is 20.9 Å². The minimum atomic E-state index is 0.0257. The molecular formula is C23H30N3O2S+. The second-order valence-electron chi connectivity index (χ2n) is 8.30. The largest absolute Gasteiger partial charge is 0.494 e. The zero-order valence-electron chi connectivity index (χ0n) is 17.7. The highest BCUT2D eigenvalue weighted by molar-refractivity contribution is 7.18. The number of fused-ring (bicyclic) bond motifs is 3. The lowest BCUT2D eigenvalue weighted by Crippen LogP contribution is -3.07. The van der Waals surface area contributed by atoms with Crippen molar-refractivity contribution < 1.29 is 9.64 Å². The van der Waals surface area contributed by atoms with Gasteiger partial charge in [0.1, 0.15) is 23.2 Å². The van der Waals surface area contributed by atoms with E-state index in [1.807, 2.05) is 19.1 Å². The molecule has 0 amide bonds. The van der Waals surface area contributed by atoms with E-state index in [0.29, 0.717) is 12.5 Å². The average Bonchev–Trinajstić information content (AvgIpc) is 3.06. The highest BCUT2D eigenvalue weighted by Gasteiger charge is 2.25. The number of quaternary nitrogens is 1. The fourth-order valence-corrected chi connectivity index (χ4v) is 5.54. The fraction of sp³-hybridized carbons (Fsp3) is 0.478. The molecule has 0 spiro atoms. The number of nitrogens with one attached hydrogen (secondary N) is 2. The van der Waals surface area contributed by atoms with Crippen molar-refractivity contribution in [2.24, 2.45) is 5.92 Å². The second kappa shape index (κ2) is 8.28. The van der Waals surface area contributed by atoms with E-state index in [9.17, 15) is 4.79 Å². The normalized spacial score (nSPS) is 18.4. The van der Waals surface area contributed by atoms with Gasteiger partial charge in [-0.15, -0.1) is 11.3 Å². The van der Waals surface area contributed by atoms with Gasteiger partial charge < -0.3 is 14.6 Å². The molecule has 0 saturated heterocycles. The number of aromatic nitrogens is 2. The van der Waals surface area contributed by atoms with Crippen molar-refractivity contribution in [2.45, 2.75) is 52.6 Å². The molecule has 5 nitrogen and oxygen atoms in total. The molecule has 3 aromatic rings. The van der Waals surface area contributed by atoms with Crippen molar-refractivity contribution in [1.82, 2.24) is 9.97 Å². The van der Waals surface area contributed by atoms with E-state index in [-0.39, 0.29) is 11.6 Å². The van der Waals surface area contributed by atoms with Crippen LogP contribution in [0.1, 0.15) is 55.1 Å². The lowest BCUT2D eigenvalue weighted by Gasteiger charge is -2.21. The topological polar surface area (TPSA) is 59.4 Å². The number of thiophene rings is 1. The lowest BCUT2D eigenvalue weighted by molar-refractivity contribution is -0.924. The van der Waals surface area contributed by atoms with Crippen LogP contribution in [0.4, 0.5) is 0 Å². The van der Waals surface area contributed by atoms with Gasteiger partial charge in [0.2, 0.25) is 0 Å². The van der Waals surface area contributed by atoms with Crippen LogP contribution in [-0.2, 0) is 19.4 Å². The third-order valence-electron chi connectivity index (χ3n) is 6.05. The lowest BCUT2D eigenvalue weighted by atomic mass is 9.89. The highest BCUT2D eigenvalue weighted by Crippen LogP contribution is 2.35. The van der Waals surface area contributed by atoms with Crippen LogP contribution in [-0.4, -0.2) is 23.6 Å². The SMILES string of the molecule is CCOc1ccc(C[NH+](C)[C@H](C)c2nc3sc4c(c3c(=O)[nH]2)CC[C@@H](C)C4)cc1. The standard InChI is InChI=1S/C23H29N3O2S/c1-5-28-17-9-7-16(8-10-17)13-26(4)15(3)21-24-22(27)20-18-11-6-14(2)12-19(18)29-23(20)25-21/h7-10,14-15H,5-6,11-13H2,1-4H3,(H,24,25,27)/p+1/t14-,15-/m1/s1. The molecule has 0 fully saturated rings. The molecule has 1 unspecified atom stereocenters. The number of H-pyrrole nitrogens is 1. The quantitative estimate of drug-likeness (QED) is 0.653. The molecule has 1 aromatic carbocycles. The van der Waals surface area contributed by atoms with E-state index in [0.717, 1.165) is 47.6 Å². The van der Waals surface area contributed by atoms with Gasteiger partial charge in [-0.1, -0.05) is 6.92 Å². The molecule has 1 aliphatic carbocycles. The number of benzene rings is 1. The maximum Gasteiger partial charge on any atom is 0.260 e. The molecule has 29 heavy (non-hydrogen) atoms. The minimum absolute atomic E-state index is 0.0257. The fourth-order valence-electron chi connectivity index (χ4n) is 4.15. The Balaban J connectivity index is 1.56. The van der Waals surface area contributed by atoms with Crippen molar-refractivity contribution >= 4 is 21.6 Å². The van der Waals surface area contributed by atoms with Gasteiger partial charge in [-0.3, -0.25) is 4.79 Å². The molecule has 0 radical (unpaired) electrons. The van der Waals surface area contributed by atoms with Gasteiger partial charge in [0.25, 0.3) is 5.56 Å². The Morgan fingerprint density at radius 2 is 2.10 bits per heavy atom. The number of hydrogen-bond donors (Lipinski definition) is 2. The average molecular weight is 413 g/mol. The van der Waals surface area contributed by atoms with Gasteiger partial charge >= 0.3 is 0 Å². The van der Waals surface area contributed by atoms with Gasteiger partial charge in [0.15, 0.2) is 5.82 Å². The van der Waals surface area contributed by atoms with E-state index in [4.69, 9.17) is 9.72 Å². The molecule has 3 atom stereocenters. The molecule has 0 saturated carbocycles. The van der Waals surface area contributed by atoms with E-state index >= 15 is 0 Å². The van der Waals surface area contributed by atoms with Crippen LogP contribution < -0.4 is 15.2 Å². The van der Waals surface area contributed by atoms with Gasteiger partial charge in [-0.2, -0.15) is 0 Å². The summed E-state index contributed by atoms with van der Waals surface area (Å²) in [7, 11) is 2.15. The molecule has 6 heteroatoms. The predicted octanol–water partition coefficient (Wildman–Crippen LogP) is 3.28. The van der Waals surface area contributed by atoms with Crippen LogP contribution in [0, 0.1) is 5.92 Å². The molecule has 0 bridgehead atoms. The first-order chi connectivity index (χ1) is 14.0. The summed E-state index contributed by atoms with van der Waals surface area (Å²) in [6.45, 7) is 7.94. The van der Waals surface area contributed by atoms with E-state index < -0.39 is 0 Å². The summed E-state index contributed by atoms with van der Waals surface area (Å²) < 4.78 is 5.52. The number of rotatable bonds is 6. The van der Waals surface area contributed by atoms with Gasteiger partial charge in [-0.05, 0) is 68.9 Å². The predicted molar refractivity (Wildman–Crippen MR) is 118 cm³/mol. The third kappa shape index (κ3) is 4.09. The highest BCUT2D eigenvalue weighted by atomic mass is 32.1. The Labute approximate surface area is 175 Å². The van der Waals surface area contributed by atoms with Crippen LogP contribution in [0.2, 0.25) is 0 Å². The first-order valence-corrected chi connectivity index (χ1v) is 11.4. The first kappa shape index (κ1) is 20.1. The van der Waals surface area contributed by atoms with E-state index in [1.54, 1.807) is 11.3 Å².